The van der Waals surface area contributed by atoms with Gasteiger partial charge in [-0.1, -0.05) is 13.8 Å². The number of rotatable bonds is 3. The monoisotopic (exact) mass is 204 g/mol. The second kappa shape index (κ2) is 3.93. The number of imidazole rings is 1. The molecule has 0 amide bonds. The smallest absolute Gasteiger partial charge is 0.121 e. The van der Waals surface area contributed by atoms with Gasteiger partial charge in [0.05, 0.1) is 24.5 Å². The van der Waals surface area contributed by atoms with Gasteiger partial charge >= 0.3 is 0 Å². The van der Waals surface area contributed by atoms with Crippen molar-refractivity contribution in [1.82, 2.24) is 9.55 Å². The number of hydrogen-bond acceptors (Lipinski definition) is 2. The van der Waals surface area contributed by atoms with Crippen molar-refractivity contribution >= 4 is 11.0 Å². The number of hydrogen-bond donors (Lipinski definition) is 0. The predicted octanol–water partition coefficient (Wildman–Crippen LogP) is 2.70. The molecular formula is C12H16N2O. The first-order chi connectivity index (χ1) is 7.20. The van der Waals surface area contributed by atoms with Gasteiger partial charge in [0.1, 0.15) is 5.75 Å². The SMILES string of the molecule is COc1ccc2c(c1)ncn2CC(C)C. The topological polar surface area (TPSA) is 27.1 Å². The number of aromatic nitrogens is 2. The van der Waals surface area contributed by atoms with Gasteiger partial charge in [0.25, 0.3) is 0 Å². The van der Waals surface area contributed by atoms with Gasteiger partial charge in [-0.05, 0) is 18.1 Å². The molecule has 0 bridgehead atoms. The van der Waals surface area contributed by atoms with Crippen molar-refractivity contribution in [3.63, 3.8) is 0 Å². The Kier molecular flexibility index (Phi) is 2.62. The summed E-state index contributed by atoms with van der Waals surface area (Å²) in [5.74, 6) is 1.49. The Morgan fingerprint density at radius 3 is 2.87 bits per heavy atom. The highest BCUT2D eigenvalue weighted by Crippen LogP contribution is 2.20. The highest BCUT2D eigenvalue weighted by Gasteiger charge is 2.04. The summed E-state index contributed by atoms with van der Waals surface area (Å²) in [6.45, 7) is 5.41. The maximum Gasteiger partial charge on any atom is 0.121 e. The maximum absolute atomic E-state index is 5.16. The molecule has 0 unspecified atom stereocenters. The van der Waals surface area contributed by atoms with E-state index in [0.717, 1.165) is 17.8 Å². The Morgan fingerprint density at radius 1 is 1.40 bits per heavy atom. The zero-order chi connectivity index (χ0) is 10.8. The molecule has 80 valence electrons. The van der Waals surface area contributed by atoms with Crippen molar-refractivity contribution in [1.29, 1.82) is 0 Å². The fourth-order valence-corrected chi connectivity index (χ4v) is 1.71. The van der Waals surface area contributed by atoms with Crippen molar-refractivity contribution in [2.75, 3.05) is 7.11 Å². The van der Waals surface area contributed by atoms with Gasteiger partial charge in [-0.25, -0.2) is 4.98 Å². The standard InChI is InChI=1S/C12H16N2O/c1-9(2)7-14-8-13-11-6-10(15-3)4-5-12(11)14/h4-6,8-9H,7H2,1-3H3. The van der Waals surface area contributed by atoms with E-state index in [4.69, 9.17) is 4.74 Å². The van der Waals surface area contributed by atoms with Crippen molar-refractivity contribution in [3.05, 3.63) is 24.5 Å². The molecule has 0 saturated heterocycles. The lowest BCUT2D eigenvalue weighted by Crippen LogP contribution is -2.02. The summed E-state index contributed by atoms with van der Waals surface area (Å²) >= 11 is 0. The number of nitrogens with zero attached hydrogens (tertiary/aromatic N) is 2. The third kappa shape index (κ3) is 1.96. The van der Waals surface area contributed by atoms with Crippen LogP contribution in [0.4, 0.5) is 0 Å². The molecule has 0 aliphatic rings. The molecule has 0 saturated carbocycles. The lowest BCUT2D eigenvalue weighted by atomic mass is 10.2. The van der Waals surface area contributed by atoms with Crippen molar-refractivity contribution < 1.29 is 4.74 Å². The van der Waals surface area contributed by atoms with Gasteiger partial charge in [-0.3, -0.25) is 0 Å². The summed E-state index contributed by atoms with van der Waals surface area (Å²) < 4.78 is 7.34. The molecule has 1 aromatic heterocycles. The minimum atomic E-state index is 0.629. The zero-order valence-corrected chi connectivity index (χ0v) is 9.40. The van der Waals surface area contributed by atoms with Gasteiger partial charge in [-0.2, -0.15) is 0 Å². The minimum absolute atomic E-state index is 0.629. The first kappa shape index (κ1) is 10.0. The summed E-state index contributed by atoms with van der Waals surface area (Å²) in [7, 11) is 1.67. The summed E-state index contributed by atoms with van der Waals surface area (Å²) in [6.07, 6.45) is 1.89. The van der Waals surface area contributed by atoms with Gasteiger partial charge in [0.15, 0.2) is 0 Å². The van der Waals surface area contributed by atoms with Crippen LogP contribution < -0.4 is 4.74 Å². The molecule has 0 atom stereocenters. The van der Waals surface area contributed by atoms with Gasteiger partial charge in [0, 0.05) is 12.6 Å². The number of ether oxygens (including phenoxy) is 1. The summed E-state index contributed by atoms with van der Waals surface area (Å²) in [5.41, 5.74) is 2.17. The first-order valence-electron chi connectivity index (χ1n) is 5.19. The van der Waals surface area contributed by atoms with E-state index in [1.54, 1.807) is 7.11 Å². The van der Waals surface area contributed by atoms with Crippen LogP contribution in [-0.2, 0) is 6.54 Å². The number of fused-ring (bicyclic) bond motifs is 1. The molecule has 1 aromatic carbocycles. The lowest BCUT2D eigenvalue weighted by molar-refractivity contribution is 0.415. The molecule has 3 heteroatoms. The molecule has 2 rings (SSSR count). The Hall–Kier alpha value is -1.51. The largest absolute Gasteiger partial charge is 0.497 e. The average molecular weight is 204 g/mol. The predicted molar refractivity (Wildman–Crippen MR) is 61.1 cm³/mol. The summed E-state index contributed by atoms with van der Waals surface area (Å²) in [6, 6.07) is 6.00. The molecule has 0 spiro atoms. The van der Waals surface area contributed by atoms with Crippen LogP contribution in [0.15, 0.2) is 24.5 Å². The van der Waals surface area contributed by atoms with Crippen LogP contribution in [0.5, 0.6) is 5.75 Å². The van der Waals surface area contributed by atoms with E-state index in [1.807, 2.05) is 18.5 Å². The van der Waals surface area contributed by atoms with Crippen molar-refractivity contribution in [2.24, 2.45) is 5.92 Å². The molecule has 3 nitrogen and oxygen atoms in total. The van der Waals surface area contributed by atoms with E-state index >= 15 is 0 Å². The molecule has 2 aromatic rings. The van der Waals surface area contributed by atoms with Crippen LogP contribution in [0, 0.1) is 5.92 Å². The first-order valence-corrected chi connectivity index (χ1v) is 5.19. The van der Waals surface area contributed by atoms with Crippen LogP contribution in [0.2, 0.25) is 0 Å². The Morgan fingerprint density at radius 2 is 2.20 bits per heavy atom. The van der Waals surface area contributed by atoms with Crippen LogP contribution >= 0.6 is 0 Å². The van der Waals surface area contributed by atoms with Crippen LogP contribution in [0.25, 0.3) is 11.0 Å². The average Bonchev–Trinajstić information content (AvgIpc) is 2.60. The maximum atomic E-state index is 5.16. The highest BCUT2D eigenvalue weighted by molar-refractivity contribution is 5.76. The van der Waals surface area contributed by atoms with Crippen molar-refractivity contribution in [3.8, 4) is 5.75 Å². The fraction of sp³-hybridized carbons (Fsp3) is 0.417. The minimum Gasteiger partial charge on any atom is -0.497 e. The van der Waals surface area contributed by atoms with Crippen LogP contribution in [0.3, 0.4) is 0 Å². The Balaban J connectivity index is 2.43. The lowest BCUT2D eigenvalue weighted by Gasteiger charge is -2.07. The van der Waals surface area contributed by atoms with Crippen molar-refractivity contribution in [2.45, 2.75) is 20.4 Å². The quantitative estimate of drug-likeness (QED) is 0.768. The fourth-order valence-electron chi connectivity index (χ4n) is 1.71. The second-order valence-corrected chi connectivity index (χ2v) is 4.15. The van der Waals surface area contributed by atoms with E-state index in [2.05, 4.69) is 29.5 Å². The molecule has 0 N–H and O–H groups in total. The van der Waals surface area contributed by atoms with E-state index in [9.17, 15) is 0 Å². The highest BCUT2D eigenvalue weighted by atomic mass is 16.5. The molecule has 15 heavy (non-hydrogen) atoms. The zero-order valence-electron chi connectivity index (χ0n) is 9.40. The van der Waals surface area contributed by atoms with Crippen LogP contribution in [0.1, 0.15) is 13.8 Å². The third-order valence-electron chi connectivity index (χ3n) is 2.39. The van der Waals surface area contributed by atoms with Gasteiger partial charge in [0.2, 0.25) is 0 Å². The van der Waals surface area contributed by atoms with E-state index in [0.29, 0.717) is 5.92 Å². The number of methoxy groups -OCH3 is 1. The molecule has 0 radical (unpaired) electrons. The van der Waals surface area contributed by atoms with Crippen LogP contribution in [-0.4, -0.2) is 16.7 Å². The molecule has 0 aliphatic heterocycles. The molecular weight excluding hydrogens is 188 g/mol. The van der Waals surface area contributed by atoms with E-state index < -0.39 is 0 Å². The molecule has 1 heterocycles. The Bertz CT molecular complexity index is 460. The molecule has 0 fully saturated rings. The third-order valence-corrected chi connectivity index (χ3v) is 2.39. The summed E-state index contributed by atoms with van der Waals surface area (Å²) in [4.78, 5) is 4.36. The normalized spacial score (nSPS) is 11.2. The number of benzene rings is 1. The van der Waals surface area contributed by atoms with Gasteiger partial charge in [-0.15, -0.1) is 0 Å². The van der Waals surface area contributed by atoms with E-state index in [-0.39, 0.29) is 0 Å². The summed E-state index contributed by atoms with van der Waals surface area (Å²) in [5, 5.41) is 0. The second-order valence-electron chi connectivity index (χ2n) is 4.15. The van der Waals surface area contributed by atoms with Gasteiger partial charge < -0.3 is 9.30 Å². The molecule has 0 aliphatic carbocycles. The Labute approximate surface area is 89.7 Å². The van der Waals surface area contributed by atoms with E-state index in [1.165, 1.54) is 5.52 Å².